The quantitative estimate of drug-likeness (QED) is 0.741. The lowest BCUT2D eigenvalue weighted by Crippen LogP contribution is -2.29. The fourth-order valence-corrected chi connectivity index (χ4v) is 2.94. The van der Waals surface area contributed by atoms with Crippen molar-refractivity contribution in [2.45, 2.75) is 6.54 Å². The minimum atomic E-state index is -0.384. The Bertz CT molecular complexity index is 817. The summed E-state index contributed by atoms with van der Waals surface area (Å²) >= 11 is 1.58. The maximum atomic E-state index is 13.1. The molecule has 2 heterocycles. The topological polar surface area (TPSA) is 58.4 Å². The highest BCUT2D eigenvalue weighted by Gasteiger charge is 2.12. The Morgan fingerprint density at radius 3 is 2.96 bits per heavy atom. The van der Waals surface area contributed by atoms with Gasteiger partial charge in [-0.1, -0.05) is 17.3 Å². The number of aromatic nitrogens is 1. The summed E-state index contributed by atoms with van der Waals surface area (Å²) < 4.78 is 18.4. The van der Waals surface area contributed by atoms with Crippen molar-refractivity contribution in [2.75, 3.05) is 18.9 Å². The van der Waals surface area contributed by atoms with Gasteiger partial charge in [0.25, 0.3) is 0 Å². The fourth-order valence-electron chi connectivity index (χ4n) is 2.27. The van der Waals surface area contributed by atoms with Crippen molar-refractivity contribution < 1.29 is 13.7 Å². The number of rotatable bonds is 6. The first-order valence-corrected chi connectivity index (χ1v) is 8.21. The fraction of sp³-hybridized carbons (Fsp3) is 0.176. The van der Waals surface area contributed by atoms with E-state index in [0.29, 0.717) is 12.2 Å². The minimum Gasteiger partial charge on any atom is -0.355 e. The molecule has 1 amide bonds. The number of carbonyl (C=O) groups is 1. The number of amides is 1. The van der Waals surface area contributed by atoms with E-state index in [1.165, 1.54) is 12.1 Å². The number of likely N-dealkylation sites (N-methyl/N-ethyl adjacent to an activating group) is 1. The number of benzene rings is 1. The SMILES string of the molecule is CN(CC(=O)Nc1cccc(F)c1)Cc1cc(-c2cccs2)on1. The van der Waals surface area contributed by atoms with Crippen molar-refractivity contribution >= 4 is 22.9 Å². The first kappa shape index (κ1) is 16.4. The number of thiophene rings is 1. The van der Waals surface area contributed by atoms with Crippen molar-refractivity contribution in [2.24, 2.45) is 0 Å². The van der Waals surface area contributed by atoms with Gasteiger partial charge in [0.15, 0.2) is 5.76 Å². The summed E-state index contributed by atoms with van der Waals surface area (Å²) in [5.41, 5.74) is 1.19. The highest BCUT2D eigenvalue weighted by atomic mass is 32.1. The molecule has 0 unspecified atom stereocenters. The third kappa shape index (κ3) is 4.27. The number of carbonyl (C=O) groups excluding carboxylic acids is 1. The molecule has 0 aliphatic rings. The summed E-state index contributed by atoms with van der Waals surface area (Å²) in [5, 5.41) is 8.66. The van der Waals surface area contributed by atoms with Crippen molar-refractivity contribution in [3.8, 4) is 10.6 Å². The highest BCUT2D eigenvalue weighted by molar-refractivity contribution is 7.13. The molecule has 3 aromatic rings. The predicted octanol–water partition coefficient (Wildman–Crippen LogP) is 3.61. The van der Waals surface area contributed by atoms with Gasteiger partial charge in [-0.3, -0.25) is 9.69 Å². The molecule has 0 radical (unpaired) electrons. The molecule has 0 aliphatic carbocycles. The van der Waals surface area contributed by atoms with E-state index in [9.17, 15) is 9.18 Å². The van der Waals surface area contributed by atoms with Gasteiger partial charge in [0.2, 0.25) is 5.91 Å². The molecule has 0 saturated heterocycles. The first-order valence-electron chi connectivity index (χ1n) is 7.33. The summed E-state index contributed by atoms with van der Waals surface area (Å²) in [6, 6.07) is 11.6. The van der Waals surface area contributed by atoms with Crippen molar-refractivity contribution in [1.82, 2.24) is 10.1 Å². The zero-order valence-corrected chi connectivity index (χ0v) is 13.8. The van der Waals surface area contributed by atoms with Gasteiger partial charge < -0.3 is 9.84 Å². The number of nitrogens with zero attached hydrogens (tertiary/aromatic N) is 2. The van der Waals surface area contributed by atoms with Crippen molar-refractivity contribution in [3.63, 3.8) is 0 Å². The van der Waals surface area contributed by atoms with Crippen LogP contribution in [0.15, 0.2) is 52.4 Å². The van der Waals surface area contributed by atoms with Crippen LogP contribution in [0.5, 0.6) is 0 Å². The summed E-state index contributed by atoms with van der Waals surface area (Å²) in [5.74, 6) is 0.118. The lowest BCUT2D eigenvalue weighted by Gasteiger charge is -2.14. The molecule has 0 fully saturated rings. The summed E-state index contributed by atoms with van der Waals surface area (Å²) in [6.45, 7) is 0.642. The van der Waals surface area contributed by atoms with Gasteiger partial charge in [-0.2, -0.15) is 0 Å². The Morgan fingerprint density at radius 1 is 1.33 bits per heavy atom. The third-order valence-corrected chi connectivity index (χ3v) is 4.16. The molecule has 0 saturated carbocycles. The van der Waals surface area contributed by atoms with Crippen LogP contribution >= 0.6 is 11.3 Å². The van der Waals surface area contributed by atoms with Crippen molar-refractivity contribution in [1.29, 1.82) is 0 Å². The number of halogens is 1. The van der Waals surface area contributed by atoms with Crippen LogP contribution in [0.4, 0.5) is 10.1 Å². The van der Waals surface area contributed by atoms with Crippen LogP contribution < -0.4 is 5.32 Å². The monoisotopic (exact) mass is 345 g/mol. The van der Waals surface area contributed by atoms with Gasteiger partial charge in [-0.15, -0.1) is 11.3 Å². The van der Waals surface area contributed by atoms with E-state index in [-0.39, 0.29) is 18.3 Å². The molecule has 2 aromatic heterocycles. The van der Waals surface area contributed by atoms with Gasteiger partial charge in [0.1, 0.15) is 5.82 Å². The van der Waals surface area contributed by atoms with Crippen LogP contribution in [-0.4, -0.2) is 29.6 Å². The first-order chi connectivity index (χ1) is 11.6. The number of nitrogens with one attached hydrogen (secondary N) is 1. The molecular weight excluding hydrogens is 329 g/mol. The van der Waals surface area contributed by atoms with E-state index in [1.54, 1.807) is 23.5 Å². The summed E-state index contributed by atoms with van der Waals surface area (Å²) in [4.78, 5) is 14.8. The molecule has 1 aromatic carbocycles. The van der Waals surface area contributed by atoms with Crippen LogP contribution in [-0.2, 0) is 11.3 Å². The molecule has 5 nitrogen and oxygen atoms in total. The Labute approximate surface area is 142 Å². The van der Waals surface area contributed by atoms with Crippen LogP contribution in [0.3, 0.4) is 0 Å². The third-order valence-electron chi connectivity index (χ3n) is 3.28. The van der Waals surface area contributed by atoms with Crippen LogP contribution in [0, 0.1) is 5.82 Å². The van der Waals surface area contributed by atoms with Gasteiger partial charge in [0.05, 0.1) is 17.1 Å². The standard InChI is InChI=1S/C17H16FN3O2S/c1-21(11-17(22)19-13-5-2-4-12(18)8-13)10-14-9-15(23-20-14)16-6-3-7-24-16/h2-9H,10-11H2,1H3,(H,19,22). The number of hydrogen-bond acceptors (Lipinski definition) is 5. The van der Waals surface area contributed by atoms with Gasteiger partial charge in [0, 0.05) is 18.3 Å². The maximum Gasteiger partial charge on any atom is 0.238 e. The van der Waals surface area contributed by atoms with E-state index in [0.717, 1.165) is 16.3 Å². The van der Waals surface area contributed by atoms with E-state index in [4.69, 9.17) is 4.52 Å². The second-order valence-electron chi connectivity index (χ2n) is 5.39. The smallest absolute Gasteiger partial charge is 0.238 e. The van der Waals surface area contributed by atoms with E-state index in [2.05, 4.69) is 10.5 Å². The lowest BCUT2D eigenvalue weighted by atomic mass is 10.3. The average Bonchev–Trinajstić information content (AvgIpc) is 3.17. The molecule has 0 spiro atoms. The summed E-state index contributed by atoms with van der Waals surface area (Å²) in [6.07, 6.45) is 0. The lowest BCUT2D eigenvalue weighted by molar-refractivity contribution is -0.117. The molecule has 0 aliphatic heterocycles. The Balaban J connectivity index is 1.53. The van der Waals surface area contributed by atoms with Gasteiger partial charge in [-0.05, 0) is 36.7 Å². The van der Waals surface area contributed by atoms with Crippen LogP contribution in [0.2, 0.25) is 0 Å². The molecule has 24 heavy (non-hydrogen) atoms. The molecule has 7 heteroatoms. The van der Waals surface area contributed by atoms with Gasteiger partial charge >= 0.3 is 0 Å². The molecular formula is C17H16FN3O2S. The summed E-state index contributed by atoms with van der Waals surface area (Å²) in [7, 11) is 1.81. The zero-order valence-electron chi connectivity index (χ0n) is 13.0. The second kappa shape index (κ2) is 7.37. The Hall–Kier alpha value is -2.51. The van der Waals surface area contributed by atoms with Crippen molar-refractivity contribution in [3.05, 3.63) is 59.4 Å². The van der Waals surface area contributed by atoms with Gasteiger partial charge in [-0.25, -0.2) is 4.39 Å². The Kier molecular flexibility index (Phi) is 5.02. The molecule has 124 valence electrons. The zero-order chi connectivity index (χ0) is 16.9. The largest absolute Gasteiger partial charge is 0.355 e. The van der Waals surface area contributed by atoms with Crippen LogP contribution in [0.1, 0.15) is 5.69 Å². The molecule has 1 N–H and O–H groups in total. The number of anilines is 1. The normalized spacial score (nSPS) is 11.0. The van der Waals surface area contributed by atoms with E-state index in [1.807, 2.05) is 35.5 Å². The number of hydrogen-bond donors (Lipinski definition) is 1. The predicted molar refractivity (Wildman–Crippen MR) is 91.2 cm³/mol. The van der Waals surface area contributed by atoms with E-state index >= 15 is 0 Å². The minimum absolute atomic E-state index is 0.164. The van der Waals surface area contributed by atoms with Crippen LogP contribution in [0.25, 0.3) is 10.6 Å². The average molecular weight is 345 g/mol. The molecule has 0 atom stereocenters. The Morgan fingerprint density at radius 2 is 2.21 bits per heavy atom. The molecule has 3 rings (SSSR count). The van der Waals surface area contributed by atoms with E-state index < -0.39 is 0 Å². The highest BCUT2D eigenvalue weighted by Crippen LogP contribution is 2.25. The molecule has 0 bridgehead atoms. The maximum absolute atomic E-state index is 13.1. The second-order valence-corrected chi connectivity index (χ2v) is 6.34.